The highest BCUT2D eigenvalue weighted by atomic mass is 35.5. The second-order valence-corrected chi connectivity index (χ2v) is 11.3. The van der Waals surface area contributed by atoms with Crippen LogP contribution < -0.4 is 10.6 Å². The lowest BCUT2D eigenvalue weighted by atomic mass is 9.96. The summed E-state index contributed by atoms with van der Waals surface area (Å²) in [5, 5.41) is 30.3. The van der Waals surface area contributed by atoms with E-state index in [-0.39, 0.29) is 5.41 Å². The molecule has 1 aliphatic rings. The molecule has 3 aromatic heterocycles. The lowest BCUT2D eigenvalue weighted by Gasteiger charge is -2.22. The smallest absolute Gasteiger partial charge is 0.263 e. The fourth-order valence-electron chi connectivity index (χ4n) is 4.41. The van der Waals surface area contributed by atoms with Crippen molar-refractivity contribution >= 4 is 33.9 Å². The molecule has 0 bridgehead atoms. The number of aromatic nitrogens is 6. The van der Waals surface area contributed by atoms with Crippen molar-refractivity contribution < 1.29 is 8.78 Å². The van der Waals surface area contributed by atoms with Gasteiger partial charge in [-0.15, -0.1) is 5.10 Å². The predicted octanol–water partition coefficient (Wildman–Crippen LogP) is 5.50. The van der Waals surface area contributed by atoms with Gasteiger partial charge in [0, 0.05) is 37.1 Å². The van der Waals surface area contributed by atoms with Crippen LogP contribution in [-0.2, 0) is 12.6 Å². The Balaban J connectivity index is 1.57. The molecule has 3 heterocycles. The summed E-state index contributed by atoms with van der Waals surface area (Å²) in [5.41, 5.74) is 2.14. The van der Waals surface area contributed by atoms with Crippen molar-refractivity contribution in [3.8, 4) is 6.07 Å². The molecular weight excluding hydrogens is 512 g/mol. The number of fused-ring (bicyclic) bond motifs is 1. The minimum absolute atomic E-state index is 0.0322. The average molecular weight is 540 g/mol. The lowest BCUT2D eigenvalue weighted by molar-refractivity contribution is 0.0593. The van der Waals surface area contributed by atoms with Gasteiger partial charge in [-0.2, -0.15) is 10.4 Å². The van der Waals surface area contributed by atoms with Gasteiger partial charge >= 0.3 is 0 Å². The minimum Gasteiger partial charge on any atom is -0.383 e. The standard InChI is InChI=1S/C26H28ClF2N9/c1-25(2,3)14-32-21-15(11-30)12-31-22-17(21)9-16(10-18(22)27)34-23(20-5-8-33-37(20)4)19-13-38(36-35-19)26(6-7-26)24(28)29/h5,8-10,12-13,23-24,34H,6-7,14H2,1-4H3,(H,31,32). The van der Waals surface area contributed by atoms with Gasteiger partial charge in [0.1, 0.15) is 23.3 Å². The quantitative estimate of drug-likeness (QED) is 0.304. The predicted molar refractivity (Wildman–Crippen MR) is 141 cm³/mol. The first kappa shape index (κ1) is 25.9. The number of nitriles is 1. The molecule has 0 spiro atoms. The first-order valence-electron chi connectivity index (χ1n) is 12.2. The maximum atomic E-state index is 13.7. The summed E-state index contributed by atoms with van der Waals surface area (Å²) >= 11 is 6.67. The van der Waals surface area contributed by atoms with Crippen molar-refractivity contribution in [1.82, 2.24) is 29.8 Å². The van der Waals surface area contributed by atoms with Crippen LogP contribution in [0.2, 0.25) is 5.02 Å². The van der Waals surface area contributed by atoms with Crippen LogP contribution in [0.4, 0.5) is 20.2 Å². The molecule has 1 aromatic carbocycles. The van der Waals surface area contributed by atoms with Crippen LogP contribution in [0.25, 0.3) is 10.9 Å². The number of nitrogens with one attached hydrogen (secondary N) is 2. The van der Waals surface area contributed by atoms with Gasteiger partial charge in [0.15, 0.2) is 0 Å². The highest BCUT2D eigenvalue weighted by Gasteiger charge is 2.54. The fourth-order valence-corrected chi connectivity index (χ4v) is 4.68. The van der Waals surface area contributed by atoms with Crippen molar-refractivity contribution in [1.29, 1.82) is 5.26 Å². The summed E-state index contributed by atoms with van der Waals surface area (Å²) in [5.74, 6) is 0. The van der Waals surface area contributed by atoms with E-state index in [4.69, 9.17) is 11.6 Å². The van der Waals surface area contributed by atoms with E-state index in [0.29, 0.717) is 57.9 Å². The second kappa shape index (κ2) is 9.51. The number of hydrogen-bond acceptors (Lipinski definition) is 7. The summed E-state index contributed by atoms with van der Waals surface area (Å²) in [6.45, 7) is 6.92. The number of halogens is 3. The van der Waals surface area contributed by atoms with E-state index in [0.717, 1.165) is 5.69 Å². The van der Waals surface area contributed by atoms with Crippen molar-refractivity contribution in [3.63, 3.8) is 0 Å². The summed E-state index contributed by atoms with van der Waals surface area (Å²) in [6, 6.07) is 7.09. The molecule has 1 aliphatic carbocycles. The Hall–Kier alpha value is -3.78. The first-order chi connectivity index (χ1) is 18.0. The SMILES string of the molecule is Cn1nccc1C(Nc1cc(Cl)c2ncc(C#N)c(NCC(C)(C)C)c2c1)c1cn(C2(C(F)F)CC2)nn1. The summed E-state index contributed by atoms with van der Waals surface area (Å²) in [7, 11) is 1.79. The van der Waals surface area contributed by atoms with E-state index in [1.165, 1.54) is 10.9 Å². The first-order valence-corrected chi connectivity index (χ1v) is 12.6. The summed E-state index contributed by atoms with van der Waals surface area (Å²) in [4.78, 5) is 4.42. The summed E-state index contributed by atoms with van der Waals surface area (Å²) in [6.07, 6.45) is 2.92. The molecule has 5 rings (SSSR count). The molecule has 0 saturated heterocycles. The number of rotatable bonds is 8. The van der Waals surface area contributed by atoms with Crippen LogP contribution in [-0.4, -0.2) is 42.7 Å². The van der Waals surface area contributed by atoms with Crippen LogP contribution in [0.3, 0.4) is 0 Å². The molecule has 1 saturated carbocycles. The third-order valence-corrected chi connectivity index (χ3v) is 7.03. The largest absolute Gasteiger partial charge is 0.383 e. The van der Waals surface area contributed by atoms with Gasteiger partial charge in [0.25, 0.3) is 6.43 Å². The molecule has 12 heteroatoms. The number of nitrogens with zero attached hydrogens (tertiary/aromatic N) is 7. The van der Waals surface area contributed by atoms with E-state index in [9.17, 15) is 14.0 Å². The molecule has 1 unspecified atom stereocenters. The molecule has 9 nitrogen and oxygen atoms in total. The zero-order valence-electron chi connectivity index (χ0n) is 21.5. The van der Waals surface area contributed by atoms with Gasteiger partial charge < -0.3 is 10.6 Å². The Kier molecular flexibility index (Phi) is 6.47. The Labute approximate surface area is 223 Å². The Morgan fingerprint density at radius 3 is 2.63 bits per heavy atom. The molecule has 198 valence electrons. The molecule has 0 aliphatic heterocycles. The third kappa shape index (κ3) is 4.76. The molecule has 0 radical (unpaired) electrons. The van der Waals surface area contributed by atoms with E-state index in [2.05, 4.69) is 57.9 Å². The van der Waals surface area contributed by atoms with Crippen LogP contribution in [0.5, 0.6) is 0 Å². The van der Waals surface area contributed by atoms with Crippen LogP contribution >= 0.6 is 11.6 Å². The van der Waals surface area contributed by atoms with E-state index < -0.39 is 18.0 Å². The molecule has 1 atom stereocenters. The number of benzene rings is 1. The average Bonchev–Trinajstić information content (AvgIpc) is 3.33. The molecule has 38 heavy (non-hydrogen) atoms. The fraction of sp³-hybridized carbons (Fsp3) is 0.423. The number of pyridine rings is 1. The van der Waals surface area contributed by atoms with Gasteiger partial charge in [-0.3, -0.25) is 9.67 Å². The van der Waals surface area contributed by atoms with Crippen LogP contribution in [0.1, 0.15) is 56.6 Å². The van der Waals surface area contributed by atoms with E-state index >= 15 is 0 Å². The highest BCUT2D eigenvalue weighted by Crippen LogP contribution is 2.48. The second-order valence-electron chi connectivity index (χ2n) is 10.9. The van der Waals surface area contributed by atoms with Gasteiger partial charge in [0.2, 0.25) is 0 Å². The van der Waals surface area contributed by atoms with Gasteiger partial charge in [-0.25, -0.2) is 13.5 Å². The molecule has 0 amide bonds. The van der Waals surface area contributed by atoms with E-state index in [1.807, 2.05) is 12.1 Å². The van der Waals surface area contributed by atoms with Gasteiger partial charge in [-0.1, -0.05) is 37.6 Å². The zero-order chi connectivity index (χ0) is 27.2. The van der Waals surface area contributed by atoms with Crippen molar-refractivity contribution in [2.45, 2.75) is 51.6 Å². The van der Waals surface area contributed by atoms with E-state index in [1.54, 1.807) is 30.2 Å². The highest BCUT2D eigenvalue weighted by molar-refractivity contribution is 6.35. The van der Waals surface area contributed by atoms with Gasteiger partial charge in [0.05, 0.1) is 33.7 Å². The number of aryl methyl sites for hydroxylation is 1. The van der Waals surface area contributed by atoms with Gasteiger partial charge in [-0.05, 0) is 36.5 Å². The lowest BCUT2D eigenvalue weighted by Crippen LogP contribution is -2.26. The molecule has 4 aromatic rings. The number of anilines is 2. The minimum atomic E-state index is -2.53. The summed E-state index contributed by atoms with van der Waals surface area (Å²) < 4.78 is 30.4. The normalized spacial score (nSPS) is 15.4. The Morgan fingerprint density at radius 2 is 2.03 bits per heavy atom. The zero-order valence-corrected chi connectivity index (χ0v) is 22.3. The van der Waals surface area contributed by atoms with Crippen molar-refractivity contribution in [2.24, 2.45) is 12.5 Å². The topological polar surface area (TPSA) is 109 Å². The number of hydrogen-bond donors (Lipinski definition) is 2. The van der Waals surface area contributed by atoms with Crippen molar-refractivity contribution in [3.05, 3.63) is 58.8 Å². The maximum Gasteiger partial charge on any atom is 0.263 e. The maximum absolute atomic E-state index is 13.7. The molecule has 1 fully saturated rings. The Morgan fingerprint density at radius 1 is 1.26 bits per heavy atom. The molecular formula is C26H28ClF2N9. The molecule has 2 N–H and O–H groups in total. The third-order valence-electron chi connectivity index (χ3n) is 6.74. The van der Waals surface area contributed by atoms with Crippen LogP contribution in [0.15, 0.2) is 36.8 Å². The van der Waals surface area contributed by atoms with Crippen molar-refractivity contribution in [2.75, 3.05) is 17.2 Å². The monoisotopic (exact) mass is 539 g/mol. The Bertz CT molecular complexity index is 1530. The van der Waals surface area contributed by atoms with Crippen LogP contribution in [0, 0.1) is 16.7 Å². The number of alkyl halides is 2.